The Morgan fingerprint density at radius 2 is 1.66 bits per heavy atom. The summed E-state index contributed by atoms with van der Waals surface area (Å²) >= 11 is 0. The highest BCUT2D eigenvalue weighted by Gasteiger charge is 2.33. The molecule has 0 unspecified atom stereocenters. The van der Waals surface area contributed by atoms with Crippen molar-refractivity contribution in [1.29, 1.82) is 5.26 Å². The quantitative estimate of drug-likeness (QED) is 0.0422. The van der Waals surface area contributed by atoms with Gasteiger partial charge in [-0.25, -0.2) is 9.55 Å². The molecule has 0 saturated carbocycles. The van der Waals surface area contributed by atoms with E-state index in [1.54, 1.807) is 35.2 Å². The number of phenols is 2. The van der Waals surface area contributed by atoms with Gasteiger partial charge in [-0.2, -0.15) is 10.2 Å². The molecule has 0 spiro atoms. The summed E-state index contributed by atoms with van der Waals surface area (Å²) in [5.74, 6) is 1.39. The molecule has 4 aromatic carbocycles. The van der Waals surface area contributed by atoms with Crippen molar-refractivity contribution in [1.82, 2.24) is 34.9 Å². The first-order chi connectivity index (χ1) is 34.5. The zero-order valence-electron chi connectivity index (χ0n) is 40.0. The second-order valence-electron chi connectivity index (χ2n) is 17.5. The SMILES string of the molecule is C=CC(=O)N1CCN(c2nc(NCCC(=O)NCCOCCOCCOc3ccc(-n4c(O)nnc4-c4cc(C(C)C)c(O)cc4O)cc3)nc3c2CCN(c2cccc4ccccc24)C3)C[C@@H]1CC#N. The summed E-state index contributed by atoms with van der Waals surface area (Å²) in [7, 11) is 0. The van der Waals surface area contributed by atoms with E-state index in [-0.39, 0.29) is 66.6 Å². The van der Waals surface area contributed by atoms with Crippen molar-refractivity contribution in [2.75, 3.05) is 87.4 Å². The zero-order chi connectivity index (χ0) is 49.9. The first kappa shape index (κ1) is 49.5. The third kappa shape index (κ3) is 11.7. The van der Waals surface area contributed by atoms with Gasteiger partial charge in [-0.1, -0.05) is 61.9 Å². The minimum Gasteiger partial charge on any atom is -0.508 e. The largest absolute Gasteiger partial charge is 0.508 e. The van der Waals surface area contributed by atoms with E-state index < -0.39 is 0 Å². The van der Waals surface area contributed by atoms with Crippen molar-refractivity contribution in [2.45, 2.75) is 51.6 Å². The lowest BCUT2D eigenvalue weighted by molar-refractivity contribution is -0.128. The molecular formula is C52H59N11O8. The van der Waals surface area contributed by atoms with Crippen LogP contribution in [0.2, 0.25) is 0 Å². The lowest BCUT2D eigenvalue weighted by atomic mass is 9.98. The molecule has 4 heterocycles. The number of piperazine rings is 1. The molecule has 1 fully saturated rings. The van der Waals surface area contributed by atoms with E-state index in [1.165, 1.54) is 22.1 Å². The fraction of sp³-hybridized carbons (Fsp3) is 0.365. The Balaban J connectivity index is 0.770. The van der Waals surface area contributed by atoms with Crippen molar-refractivity contribution < 1.29 is 39.1 Å². The van der Waals surface area contributed by atoms with E-state index in [9.17, 15) is 30.2 Å². The fourth-order valence-electron chi connectivity index (χ4n) is 8.97. The third-order valence-electron chi connectivity index (χ3n) is 12.5. The summed E-state index contributed by atoms with van der Waals surface area (Å²) in [6.07, 6.45) is 2.38. The first-order valence-electron chi connectivity index (χ1n) is 23.8. The fourth-order valence-corrected chi connectivity index (χ4v) is 8.97. The van der Waals surface area contributed by atoms with E-state index in [2.05, 4.69) is 73.6 Å². The number of aromatic nitrogens is 5. The molecule has 6 aromatic rings. The van der Waals surface area contributed by atoms with Crippen LogP contribution in [0.3, 0.4) is 0 Å². The highest BCUT2D eigenvalue weighted by molar-refractivity contribution is 5.94. The lowest BCUT2D eigenvalue weighted by Crippen LogP contribution is -2.55. The first-order valence-corrected chi connectivity index (χ1v) is 23.8. The molecule has 2 aromatic heterocycles. The number of nitrogens with one attached hydrogen (secondary N) is 2. The van der Waals surface area contributed by atoms with Gasteiger partial charge in [0.25, 0.3) is 0 Å². The number of anilines is 3. The summed E-state index contributed by atoms with van der Waals surface area (Å²) < 4.78 is 18.5. The van der Waals surface area contributed by atoms with Gasteiger partial charge in [0.1, 0.15) is 29.7 Å². The Morgan fingerprint density at radius 3 is 2.45 bits per heavy atom. The van der Waals surface area contributed by atoms with Crippen LogP contribution in [0, 0.1) is 11.3 Å². The van der Waals surface area contributed by atoms with Gasteiger partial charge in [-0.05, 0) is 65.8 Å². The van der Waals surface area contributed by atoms with Gasteiger partial charge in [-0.3, -0.25) is 9.59 Å². The molecule has 2 amide bonds. The molecule has 19 heteroatoms. The minimum absolute atomic E-state index is 0.0189. The number of phenolic OH excluding ortho intramolecular Hbond substituents is 2. The van der Waals surface area contributed by atoms with Gasteiger partial charge >= 0.3 is 6.01 Å². The van der Waals surface area contributed by atoms with Crippen molar-refractivity contribution in [2.24, 2.45) is 0 Å². The summed E-state index contributed by atoms with van der Waals surface area (Å²) in [6, 6.07) is 26.0. The van der Waals surface area contributed by atoms with Crippen LogP contribution in [0.25, 0.3) is 27.8 Å². The monoisotopic (exact) mass is 965 g/mol. The molecule has 370 valence electrons. The standard InChI is InChI=1S/C52H59N11O8/c1-4-48(67)62-24-23-61(32-37(62)16-19-53)49-40-18-22-60(44-11-7-9-35-8-5-6-10-39(35)44)33-43(40)56-51(57-49)55-20-17-47(66)54-21-25-69-26-27-70-28-29-71-38-14-12-36(13-15-38)63-50(58-59-52(63)68)42-30-41(34(2)3)45(64)31-46(42)65/h4-15,30-31,34,37,64-65H,1,16-18,20-29,32-33H2,2-3H3,(H,54,66)(H,59,68)(H,55,56,57)/t37-/m0/s1. The zero-order valence-corrected chi connectivity index (χ0v) is 40.0. The number of ether oxygens (including phenoxy) is 3. The minimum atomic E-state index is -0.365. The van der Waals surface area contributed by atoms with Crippen LogP contribution >= 0.6 is 0 Å². The molecule has 19 nitrogen and oxygen atoms in total. The van der Waals surface area contributed by atoms with E-state index in [0.29, 0.717) is 101 Å². The van der Waals surface area contributed by atoms with E-state index >= 15 is 0 Å². The van der Waals surface area contributed by atoms with Gasteiger partial charge in [0.05, 0.1) is 68.4 Å². The molecule has 0 bridgehead atoms. The molecular weight excluding hydrogens is 907 g/mol. The summed E-state index contributed by atoms with van der Waals surface area (Å²) in [6.45, 7) is 12.5. The molecule has 2 aliphatic rings. The second kappa shape index (κ2) is 23.1. The molecule has 2 aliphatic heterocycles. The molecule has 0 radical (unpaired) electrons. The number of amides is 2. The smallest absolute Gasteiger partial charge is 0.319 e. The summed E-state index contributed by atoms with van der Waals surface area (Å²) in [5, 5.41) is 57.5. The Kier molecular flexibility index (Phi) is 16.1. The van der Waals surface area contributed by atoms with Crippen LogP contribution in [0.15, 0.2) is 91.5 Å². The molecule has 8 rings (SSSR count). The number of fused-ring (bicyclic) bond motifs is 2. The van der Waals surface area contributed by atoms with Crippen LogP contribution in [-0.2, 0) is 32.0 Å². The number of carbonyl (C=O) groups excluding carboxylic acids is 2. The molecule has 1 saturated heterocycles. The highest BCUT2D eigenvalue weighted by atomic mass is 16.5. The molecule has 0 aliphatic carbocycles. The Morgan fingerprint density at radius 1 is 0.887 bits per heavy atom. The van der Waals surface area contributed by atoms with Crippen molar-refractivity contribution in [3.63, 3.8) is 0 Å². The highest BCUT2D eigenvalue weighted by Crippen LogP contribution is 2.39. The van der Waals surface area contributed by atoms with Gasteiger partial charge in [0, 0.05) is 68.4 Å². The van der Waals surface area contributed by atoms with Gasteiger partial charge in [0.2, 0.25) is 17.8 Å². The average molecular weight is 966 g/mol. The summed E-state index contributed by atoms with van der Waals surface area (Å²) in [5.41, 5.74) is 4.54. The average Bonchev–Trinajstić information content (AvgIpc) is 3.76. The number of hydrogen-bond acceptors (Lipinski definition) is 16. The predicted octanol–water partition coefficient (Wildman–Crippen LogP) is 5.83. The number of nitrogens with zero attached hydrogens (tertiary/aromatic N) is 9. The molecule has 71 heavy (non-hydrogen) atoms. The molecule has 1 atom stereocenters. The maximum absolute atomic E-state index is 12.8. The van der Waals surface area contributed by atoms with Crippen molar-refractivity contribution >= 4 is 40.0 Å². The number of rotatable bonds is 21. The Labute approximate surface area is 411 Å². The van der Waals surface area contributed by atoms with Crippen LogP contribution < -0.4 is 25.2 Å². The van der Waals surface area contributed by atoms with Crippen LogP contribution in [0.1, 0.15) is 49.4 Å². The predicted molar refractivity (Wildman–Crippen MR) is 268 cm³/mol. The number of hydrogen-bond donors (Lipinski definition) is 5. The Bertz CT molecular complexity index is 2880. The Hall–Kier alpha value is -7.95. The van der Waals surface area contributed by atoms with Crippen molar-refractivity contribution in [3.05, 3.63) is 108 Å². The topological polar surface area (TPSA) is 237 Å². The second-order valence-corrected chi connectivity index (χ2v) is 17.5. The van der Waals surface area contributed by atoms with Gasteiger partial charge in [0.15, 0.2) is 5.82 Å². The maximum Gasteiger partial charge on any atom is 0.319 e. The third-order valence-corrected chi connectivity index (χ3v) is 12.5. The number of aromatic hydroxyl groups is 3. The van der Waals surface area contributed by atoms with Crippen LogP contribution in [0.4, 0.5) is 17.5 Å². The maximum atomic E-state index is 12.8. The lowest BCUT2D eigenvalue weighted by Gasteiger charge is -2.42. The van der Waals surface area contributed by atoms with Crippen LogP contribution in [0.5, 0.6) is 23.3 Å². The summed E-state index contributed by atoms with van der Waals surface area (Å²) in [4.78, 5) is 41.7. The number of carbonyl (C=O) groups is 2. The normalized spacial score (nSPS) is 14.6. The van der Waals surface area contributed by atoms with Gasteiger partial charge < -0.3 is 54.9 Å². The van der Waals surface area contributed by atoms with E-state index in [0.717, 1.165) is 34.7 Å². The van der Waals surface area contributed by atoms with Crippen molar-refractivity contribution in [3.8, 4) is 46.4 Å². The van der Waals surface area contributed by atoms with Crippen LogP contribution in [-0.4, -0.2) is 135 Å². The van der Waals surface area contributed by atoms with Gasteiger partial charge in [-0.15, -0.1) is 5.10 Å². The van der Waals surface area contributed by atoms with E-state index in [4.69, 9.17) is 24.2 Å². The van der Waals surface area contributed by atoms with E-state index in [1.807, 2.05) is 26.0 Å². The molecule has 5 N–H and O–H groups in total. The number of nitriles is 1. The number of benzene rings is 4.